The van der Waals surface area contributed by atoms with E-state index in [1.165, 1.54) is 0 Å². The van der Waals surface area contributed by atoms with Crippen LogP contribution in [0.5, 0.6) is 0 Å². The topological polar surface area (TPSA) is 84.2 Å². The summed E-state index contributed by atoms with van der Waals surface area (Å²) in [7, 11) is 3.56. The number of hydrogen-bond acceptors (Lipinski definition) is 5. The highest BCUT2D eigenvalue weighted by Gasteiger charge is 2.39. The summed E-state index contributed by atoms with van der Waals surface area (Å²) in [6, 6.07) is 1.74. The molecule has 4 heterocycles. The standard InChI is InChI=1S/C19H24N6O2/c1-12-13-10-15(26)24(4)16(13)21-18(20-12)19(2)7-5-8-25(11-19)17(27)14-6-9-23(3)22-14/h6,9H,5,7-8,10-11H2,1-4H3. The van der Waals surface area contributed by atoms with Crippen LogP contribution in [0.25, 0.3) is 0 Å². The van der Waals surface area contributed by atoms with Crippen LogP contribution < -0.4 is 4.90 Å². The van der Waals surface area contributed by atoms with E-state index in [1.807, 2.05) is 11.8 Å². The first kappa shape index (κ1) is 17.6. The summed E-state index contributed by atoms with van der Waals surface area (Å²) in [5, 5.41) is 4.24. The molecule has 4 rings (SSSR count). The van der Waals surface area contributed by atoms with Gasteiger partial charge < -0.3 is 4.90 Å². The van der Waals surface area contributed by atoms with Gasteiger partial charge in [-0.25, -0.2) is 9.97 Å². The van der Waals surface area contributed by atoms with Crippen LogP contribution in [0.3, 0.4) is 0 Å². The average molecular weight is 368 g/mol. The Kier molecular flexibility index (Phi) is 4.01. The van der Waals surface area contributed by atoms with E-state index in [0.29, 0.717) is 36.8 Å². The van der Waals surface area contributed by atoms with E-state index in [1.54, 1.807) is 35.9 Å². The monoisotopic (exact) mass is 368 g/mol. The van der Waals surface area contributed by atoms with Crippen molar-refractivity contribution in [3.05, 3.63) is 35.0 Å². The maximum atomic E-state index is 12.8. The molecule has 0 aromatic carbocycles. The third kappa shape index (κ3) is 2.89. The first-order valence-electron chi connectivity index (χ1n) is 9.22. The largest absolute Gasteiger partial charge is 0.336 e. The molecule has 2 amide bonds. The first-order valence-corrected chi connectivity index (χ1v) is 9.22. The number of nitrogens with zero attached hydrogens (tertiary/aromatic N) is 6. The van der Waals surface area contributed by atoms with E-state index >= 15 is 0 Å². The molecule has 2 aliphatic rings. The molecule has 0 aliphatic carbocycles. The second-order valence-corrected chi connectivity index (χ2v) is 7.83. The maximum absolute atomic E-state index is 12.8. The second-order valence-electron chi connectivity index (χ2n) is 7.83. The van der Waals surface area contributed by atoms with E-state index < -0.39 is 0 Å². The van der Waals surface area contributed by atoms with Crippen LogP contribution in [0.2, 0.25) is 0 Å². The van der Waals surface area contributed by atoms with Gasteiger partial charge in [-0.2, -0.15) is 5.10 Å². The van der Waals surface area contributed by atoms with Crippen molar-refractivity contribution < 1.29 is 9.59 Å². The number of aromatic nitrogens is 4. The lowest BCUT2D eigenvalue weighted by atomic mass is 9.80. The highest BCUT2D eigenvalue weighted by atomic mass is 16.2. The Labute approximate surface area is 158 Å². The number of likely N-dealkylation sites (tertiary alicyclic amines) is 1. The molecule has 0 saturated carbocycles. The minimum absolute atomic E-state index is 0.0419. The number of hydrogen-bond donors (Lipinski definition) is 0. The molecule has 0 radical (unpaired) electrons. The Bertz CT molecular complexity index is 936. The predicted molar refractivity (Wildman–Crippen MR) is 99.6 cm³/mol. The second kappa shape index (κ2) is 6.14. The summed E-state index contributed by atoms with van der Waals surface area (Å²) in [5.41, 5.74) is 1.86. The van der Waals surface area contributed by atoms with Gasteiger partial charge in [0, 0.05) is 50.1 Å². The minimum atomic E-state index is -0.352. The van der Waals surface area contributed by atoms with Crippen molar-refractivity contribution >= 4 is 17.6 Å². The number of fused-ring (bicyclic) bond motifs is 1. The SMILES string of the molecule is Cc1nc(C2(C)CCCN(C(=O)c3ccn(C)n3)C2)nc2c1CC(=O)N2C. The summed E-state index contributed by atoms with van der Waals surface area (Å²) in [4.78, 5) is 37.8. The molecule has 2 aromatic heterocycles. The summed E-state index contributed by atoms with van der Waals surface area (Å²) in [5.74, 6) is 1.39. The van der Waals surface area contributed by atoms with E-state index in [9.17, 15) is 9.59 Å². The fourth-order valence-electron chi connectivity index (χ4n) is 4.01. The van der Waals surface area contributed by atoms with Gasteiger partial charge in [0.15, 0.2) is 0 Å². The number of amides is 2. The predicted octanol–water partition coefficient (Wildman–Crippen LogP) is 1.23. The quantitative estimate of drug-likeness (QED) is 0.796. The van der Waals surface area contributed by atoms with E-state index in [0.717, 1.165) is 24.1 Å². The molecule has 1 atom stereocenters. The molecule has 1 saturated heterocycles. The molecule has 27 heavy (non-hydrogen) atoms. The van der Waals surface area contributed by atoms with Crippen LogP contribution in [0, 0.1) is 6.92 Å². The number of rotatable bonds is 2. The Balaban J connectivity index is 1.64. The van der Waals surface area contributed by atoms with Crippen LogP contribution >= 0.6 is 0 Å². The van der Waals surface area contributed by atoms with Crippen molar-refractivity contribution in [1.82, 2.24) is 24.6 Å². The summed E-state index contributed by atoms with van der Waals surface area (Å²) >= 11 is 0. The number of piperidine rings is 1. The van der Waals surface area contributed by atoms with Crippen LogP contribution in [-0.2, 0) is 23.7 Å². The van der Waals surface area contributed by atoms with E-state index in [4.69, 9.17) is 9.97 Å². The molecule has 1 unspecified atom stereocenters. The lowest BCUT2D eigenvalue weighted by molar-refractivity contribution is -0.117. The number of carbonyl (C=O) groups is 2. The van der Waals surface area contributed by atoms with Gasteiger partial charge >= 0.3 is 0 Å². The van der Waals surface area contributed by atoms with Gasteiger partial charge in [-0.3, -0.25) is 19.2 Å². The molecule has 0 N–H and O–H groups in total. The third-order valence-electron chi connectivity index (χ3n) is 5.67. The lowest BCUT2D eigenvalue weighted by Gasteiger charge is -2.39. The van der Waals surface area contributed by atoms with Crippen LogP contribution in [-0.4, -0.2) is 56.6 Å². The molecule has 142 valence electrons. The summed E-state index contributed by atoms with van der Waals surface area (Å²) < 4.78 is 1.64. The number of anilines is 1. The van der Waals surface area contributed by atoms with E-state index in [2.05, 4.69) is 12.0 Å². The fourth-order valence-corrected chi connectivity index (χ4v) is 4.01. The Morgan fingerprint density at radius 1 is 1.26 bits per heavy atom. The molecular weight excluding hydrogens is 344 g/mol. The zero-order valence-electron chi connectivity index (χ0n) is 16.2. The van der Waals surface area contributed by atoms with Gasteiger partial charge in [0.2, 0.25) is 5.91 Å². The highest BCUT2D eigenvalue weighted by molar-refractivity contribution is 6.00. The fraction of sp³-hybridized carbons (Fsp3) is 0.526. The molecule has 0 bridgehead atoms. The number of aryl methyl sites for hydroxylation is 2. The van der Waals surface area contributed by atoms with Gasteiger partial charge in [0.25, 0.3) is 5.91 Å². The van der Waals surface area contributed by atoms with Crippen molar-refractivity contribution in [2.45, 2.75) is 38.5 Å². The molecule has 2 aliphatic heterocycles. The minimum Gasteiger partial charge on any atom is -0.336 e. The third-order valence-corrected chi connectivity index (χ3v) is 5.67. The molecule has 8 nitrogen and oxygen atoms in total. The van der Waals surface area contributed by atoms with Crippen LogP contribution in [0.4, 0.5) is 5.82 Å². The Hall–Kier alpha value is -2.77. The van der Waals surface area contributed by atoms with Crippen LogP contribution in [0.1, 0.15) is 47.3 Å². The van der Waals surface area contributed by atoms with Crippen molar-refractivity contribution in [3.8, 4) is 0 Å². The number of likely N-dealkylation sites (N-methyl/N-ethyl adjacent to an activating group) is 1. The highest BCUT2D eigenvalue weighted by Crippen LogP contribution is 2.36. The lowest BCUT2D eigenvalue weighted by Crippen LogP contribution is -2.48. The van der Waals surface area contributed by atoms with Crippen molar-refractivity contribution in [1.29, 1.82) is 0 Å². The van der Waals surface area contributed by atoms with Gasteiger partial charge in [-0.1, -0.05) is 6.92 Å². The van der Waals surface area contributed by atoms with Gasteiger partial charge in [-0.05, 0) is 25.8 Å². The smallest absolute Gasteiger partial charge is 0.274 e. The van der Waals surface area contributed by atoms with E-state index in [-0.39, 0.29) is 17.2 Å². The Morgan fingerprint density at radius 2 is 2.04 bits per heavy atom. The van der Waals surface area contributed by atoms with Crippen molar-refractivity contribution in [2.24, 2.45) is 7.05 Å². The molecular formula is C19H24N6O2. The number of carbonyl (C=O) groups excluding carboxylic acids is 2. The normalized spacial score (nSPS) is 22.3. The zero-order valence-corrected chi connectivity index (χ0v) is 16.2. The Morgan fingerprint density at radius 3 is 2.74 bits per heavy atom. The average Bonchev–Trinajstić information content (AvgIpc) is 3.19. The van der Waals surface area contributed by atoms with Crippen molar-refractivity contribution in [2.75, 3.05) is 25.0 Å². The molecule has 2 aromatic rings. The zero-order chi connectivity index (χ0) is 19.3. The molecule has 8 heteroatoms. The summed E-state index contributed by atoms with van der Waals surface area (Å²) in [6.07, 6.45) is 3.91. The van der Waals surface area contributed by atoms with Gasteiger partial charge in [0.05, 0.1) is 6.42 Å². The molecule has 1 fully saturated rings. The van der Waals surface area contributed by atoms with Gasteiger partial charge in [-0.15, -0.1) is 0 Å². The van der Waals surface area contributed by atoms with Gasteiger partial charge in [0.1, 0.15) is 17.3 Å². The van der Waals surface area contributed by atoms with Crippen LogP contribution in [0.15, 0.2) is 12.3 Å². The maximum Gasteiger partial charge on any atom is 0.274 e. The summed E-state index contributed by atoms with van der Waals surface area (Å²) in [6.45, 7) is 5.27. The van der Waals surface area contributed by atoms with Crippen molar-refractivity contribution in [3.63, 3.8) is 0 Å². The first-order chi connectivity index (χ1) is 12.8. The molecule has 0 spiro atoms.